The predicted molar refractivity (Wildman–Crippen MR) is 88.6 cm³/mol. The lowest BCUT2D eigenvalue weighted by atomic mass is 10.3. The molecule has 0 spiro atoms. The molecular weight excluding hydrogens is 338 g/mol. The molecule has 2 heterocycles. The SMILES string of the molecule is O=C(CSc1nc(O)cc(=O)[nH]1)NNc1nc2ccccc2s1. The van der Waals surface area contributed by atoms with E-state index in [1.54, 1.807) is 0 Å². The Kier molecular flexibility index (Phi) is 4.44. The Morgan fingerprint density at radius 3 is 2.96 bits per heavy atom. The summed E-state index contributed by atoms with van der Waals surface area (Å²) in [5, 5.41) is 9.96. The van der Waals surface area contributed by atoms with Crippen molar-refractivity contribution in [2.24, 2.45) is 0 Å². The molecule has 0 unspecified atom stereocenters. The number of aromatic amines is 1. The fourth-order valence-electron chi connectivity index (χ4n) is 1.71. The predicted octanol–water partition coefficient (Wildman–Crippen LogP) is 1.32. The highest BCUT2D eigenvalue weighted by Gasteiger charge is 2.07. The molecule has 23 heavy (non-hydrogen) atoms. The van der Waals surface area contributed by atoms with Crippen LogP contribution in [-0.2, 0) is 4.79 Å². The number of aromatic nitrogens is 3. The van der Waals surface area contributed by atoms with Crippen molar-refractivity contribution in [1.82, 2.24) is 20.4 Å². The molecule has 2 aromatic heterocycles. The van der Waals surface area contributed by atoms with E-state index >= 15 is 0 Å². The molecule has 0 saturated heterocycles. The Bertz CT molecular complexity index is 875. The molecular formula is C13H11N5O3S2. The summed E-state index contributed by atoms with van der Waals surface area (Å²) in [6.07, 6.45) is 0. The molecule has 0 atom stereocenters. The lowest BCUT2D eigenvalue weighted by molar-refractivity contribution is -0.118. The van der Waals surface area contributed by atoms with Crippen molar-refractivity contribution in [1.29, 1.82) is 0 Å². The van der Waals surface area contributed by atoms with Crippen molar-refractivity contribution < 1.29 is 9.90 Å². The number of anilines is 1. The van der Waals surface area contributed by atoms with E-state index < -0.39 is 5.56 Å². The van der Waals surface area contributed by atoms with Crippen LogP contribution >= 0.6 is 23.1 Å². The first-order valence-corrected chi connectivity index (χ1v) is 8.24. The lowest BCUT2D eigenvalue weighted by Crippen LogP contribution is -2.30. The zero-order valence-electron chi connectivity index (χ0n) is 11.6. The van der Waals surface area contributed by atoms with E-state index in [0.717, 1.165) is 28.0 Å². The Morgan fingerprint density at radius 2 is 2.17 bits per heavy atom. The van der Waals surface area contributed by atoms with Gasteiger partial charge < -0.3 is 10.1 Å². The number of thiazole rings is 1. The van der Waals surface area contributed by atoms with Gasteiger partial charge in [-0.1, -0.05) is 35.2 Å². The molecule has 0 radical (unpaired) electrons. The summed E-state index contributed by atoms with van der Waals surface area (Å²) in [4.78, 5) is 33.4. The number of para-hydroxylation sites is 1. The van der Waals surface area contributed by atoms with E-state index in [1.165, 1.54) is 11.3 Å². The first-order chi connectivity index (χ1) is 11.1. The fourth-order valence-corrected chi connectivity index (χ4v) is 3.20. The maximum atomic E-state index is 11.8. The first kappa shape index (κ1) is 15.3. The molecule has 118 valence electrons. The van der Waals surface area contributed by atoms with Crippen LogP contribution in [0.25, 0.3) is 10.2 Å². The lowest BCUT2D eigenvalue weighted by Gasteiger charge is -2.04. The summed E-state index contributed by atoms with van der Waals surface area (Å²) in [6, 6.07) is 8.60. The Balaban J connectivity index is 1.54. The summed E-state index contributed by atoms with van der Waals surface area (Å²) in [5.41, 5.74) is 5.63. The smallest absolute Gasteiger partial charge is 0.255 e. The van der Waals surface area contributed by atoms with Gasteiger partial charge in [-0.05, 0) is 12.1 Å². The van der Waals surface area contributed by atoms with E-state index in [0.29, 0.717) is 5.13 Å². The zero-order chi connectivity index (χ0) is 16.2. The summed E-state index contributed by atoms with van der Waals surface area (Å²) < 4.78 is 1.01. The Morgan fingerprint density at radius 1 is 1.35 bits per heavy atom. The number of carbonyl (C=O) groups is 1. The molecule has 1 aromatic carbocycles. The average Bonchev–Trinajstić information content (AvgIpc) is 2.93. The highest BCUT2D eigenvalue weighted by atomic mass is 32.2. The molecule has 3 aromatic rings. The molecule has 3 rings (SSSR count). The second-order valence-electron chi connectivity index (χ2n) is 4.36. The van der Waals surface area contributed by atoms with Crippen molar-refractivity contribution in [3.05, 3.63) is 40.7 Å². The van der Waals surface area contributed by atoms with Gasteiger partial charge in [0.2, 0.25) is 16.9 Å². The molecule has 0 bridgehead atoms. The second-order valence-corrected chi connectivity index (χ2v) is 6.35. The van der Waals surface area contributed by atoms with E-state index in [9.17, 15) is 14.7 Å². The minimum atomic E-state index is -0.479. The van der Waals surface area contributed by atoms with Crippen molar-refractivity contribution in [3.8, 4) is 5.88 Å². The first-order valence-electron chi connectivity index (χ1n) is 6.44. The van der Waals surface area contributed by atoms with Crippen LogP contribution in [0.3, 0.4) is 0 Å². The minimum Gasteiger partial charge on any atom is -0.493 e. The second kappa shape index (κ2) is 6.67. The molecule has 1 amide bonds. The number of hydrogen-bond acceptors (Lipinski definition) is 8. The molecule has 10 heteroatoms. The largest absolute Gasteiger partial charge is 0.493 e. The van der Waals surface area contributed by atoms with Crippen molar-refractivity contribution in [2.75, 3.05) is 11.2 Å². The van der Waals surface area contributed by atoms with Gasteiger partial charge in [-0.3, -0.25) is 20.4 Å². The molecule has 0 saturated carbocycles. The Hall–Kier alpha value is -2.59. The summed E-state index contributed by atoms with van der Waals surface area (Å²) in [5.74, 6) is -0.686. The standard InChI is InChI=1S/C13H11N5O3S2/c19-9-5-10(20)16-12(15-9)22-6-11(21)17-18-13-14-7-3-1-2-4-8(7)23-13/h1-5H,6H2,(H,14,18)(H,17,21)(H2,15,16,19,20). The number of benzene rings is 1. The van der Waals surface area contributed by atoms with Crippen molar-refractivity contribution in [2.45, 2.75) is 5.16 Å². The number of rotatable bonds is 5. The van der Waals surface area contributed by atoms with Gasteiger partial charge in [0, 0.05) is 0 Å². The molecule has 8 nitrogen and oxygen atoms in total. The normalized spacial score (nSPS) is 10.6. The van der Waals surface area contributed by atoms with Gasteiger partial charge in [-0.15, -0.1) is 0 Å². The summed E-state index contributed by atoms with van der Waals surface area (Å²) in [6.45, 7) is 0. The third-order valence-electron chi connectivity index (χ3n) is 2.65. The van der Waals surface area contributed by atoms with Gasteiger partial charge in [0.25, 0.3) is 5.56 Å². The molecule has 0 aliphatic carbocycles. The van der Waals surface area contributed by atoms with Gasteiger partial charge >= 0.3 is 0 Å². The van der Waals surface area contributed by atoms with E-state index in [4.69, 9.17) is 0 Å². The Labute approximate surface area is 138 Å². The quantitative estimate of drug-likeness (QED) is 0.311. The molecule has 4 N–H and O–H groups in total. The minimum absolute atomic E-state index is 0.0181. The van der Waals surface area contributed by atoms with Crippen LogP contribution < -0.4 is 16.4 Å². The number of hydrazine groups is 1. The number of nitrogens with zero attached hydrogens (tertiary/aromatic N) is 2. The highest BCUT2D eigenvalue weighted by Crippen LogP contribution is 2.24. The third-order valence-corrected chi connectivity index (χ3v) is 4.47. The van der Waals surface area contributed by atoms with Crippen LogP contribution in [-0.4, -0.2) is 31.7 Å². The van der Waals surface area contributed by atoms with Crippen LogP contribution in [0, 0.1) is 0 Å². The van der Waals surface area contributed by atoms with Gasteiger partial charge in [0.05, 0.1) is 22.0 Å². The highest BCUT2D eigenvalue weighted by molar-refractivity contribution is 7.99. The summed E-state index contributed by atoms with van der Waals surface area (Å²) in [7, 11) is 0. The van der Waals surface area contributed by atoms with Gasteiger partial charge in [0.1, 0.15) is 0 Å². The van der Waals surface area contributed by atoms with Crippen LogP contribution in [0.1, 0.15) is 0 Å². The number of carbonyl (C=O) groups excluding carboxylic acids is 1. The molecule has 0 aliphatic heterocycles. The van der Waals surface area contributed by atoms with E-state index in [2.05, 4.69) is 25.8 Å². The van der Waals surface area contributed by atoms with Gasteiger partial charge in [-0.25, -0.2) is 4.98 Å². The number of nitrogens with one attached hydrogen (secondary N) is 3. The fraction of sp³-hybridized carbons (Fsp3) is 0.0769. The number of H-pyrrole nitrogens is 1. The third kappa shape index (κ3) is 3.99. The zero-order valence-corrected chi connectivity index (χ0v) is 13.2. The van der Waals surface area contributed by atoms with E-state index in [1.807, 2.05) is 24.3 Å². The average molecular weight is 349 g/mol. The topological polar surface area (TPSA) is 120 Å². The summed E-state index contributed by atoms with van der Waals surface area (Å²) >= 11 is 2.42. The van der Waals surface area contributed by atoms with Crippen molar-refractivity contribution in [3.63, 3.8) is 0 Å². The molecule has 0 fully saturated rings. The van der Waals surface area contributed by atoms with Gasteiger partial charge in [-0.2, -0.15) is 4.98 Å². The van der Waals surface area contributed by atoms with E-state index in [-0.39, 0.29) is 22.7 Å². The number of fused-ring (bicyclic) bond motifs is 1. The molecule has 0 aliphatic rings. The van der Waals surface area contributed by atoms with Crippen LogP contribution in [0.4, 0.5) is 5.13 Å². The van der Waals surface area contributed by atoms with Crippen LogP contribution in [0.2, 0.25) is 0 Å². The van der Waals surface area contributed by atoms with Gasteiger partial charge in [0.15, 0.2) is 5.16 Å². The van der Waals surface area contributed by atoms with Crippen molar-refractivity contribution >= 4 is 44.4 Å². The maximum absolute atomic E-state index is 11.8. The monoisotopic (exact) mass is 349 g/mol. The number of hydrogen-bond donors (Lipinski definition) is 4. The number of aromatic hydroxyl groups is 1. The number of amides is 1. The van der Waals surface area contributed by atoms with Crippen LogP contribution in [0.5, 0.6) is 5.88 Å². The van der Waals surface area contributed by atoms with Crippen LogP contribution in [0.15, 0.2) is 40.3 Å². The maximum Gasteiger partial charge on any atom is 0.255 e. The number of thioether (sulfide) groups is 1.